The fourth-order valence-electron chi connectivity index (χ4n) is 2.27. The van der Waals surface area contributed by atoms with Crippen LogP contribution < -0.4 is 5.32 Å². The van der Waals surface area contributed by atoms with Gasteiger partial charge in [-0.15, -0.1) is 0 Å². The second-order valence-corrected chi connectivity index (χ2v) is 7.02. The smallest absolute Gasteiger partial charge is 0.408 e. The van der Waals surface area contributed by atoms with Crippen LogP contribution in [0.3, 0.4) is 0 Å². The zero-order valence-corrected chi connectivity index (χ0v) is 14.5. The predicted molar refractivity (Wildman–Crippen MR) is 85.6 cm³/mol. The third kappa shape index (κ3) is 4.97. The highest BCUT2D eigenvalue weighted by atomic mass is 16.6. The van der Waals surface area contributed by atoms with Gasteiger partial charge in [-0.25, -0.2) is 9.78 Å². The van der Waals surface area contributed by atoms with Crippen molar-refractivity contribution in [2.75, 3.05) is 0 Å². The SMILES string of the molecule is C[C@@H](NC(=O)OC(C)(C)C)C(=O)N(Cc1nccn1C)C1CC1. The summed E-state index contributed by atoms with van der Waals surface area (Å²) in [6, 6.07) is -0.396. The van der Waals surface area contributed by atoms with E-state index in [4.69, 9.17) is 4.74 Å². The topological polar surface area (TPSA) is 76.5 Å². The van der Waals surface area contributed by atoms with Crippen LogP contribution >= 0.6 is 0 Å². The number of hydrogen-bond donors (Lipinski definition) is 1. The van der Waals surface area contributed by atoms with E-state index in [1.807, 2.05) is 17.8 Å². The highest BCUT2D eigenvalue weighted by Crippen LogP contribution is 2.28. The molecule has 2 rings (SSSR count). The van der Waals surface area contributed by atoms with E-state index in [0.29, 0.717) is 6.54 Å². The molecule has 0 radical (unpaired) electrons. The zero-order chi connectivity index (χ0) is 17.2. The summed E-state index contributed by atoms with van der Waals surface area (Å²) in [7, 11) is 1.90. The molecule has 2 amide bonds. The molecule has 23 heavy (non-hydrogen) atoms. The van der Waals surface area contributed by atoms with E-state index in [0.717, 1.165) is 18.7 Å². The molecule has 0 aliphatic heterocycles. The maximum atomic E-state index is 12.7. The van der Waals surface area contributed by atoms with E-state index in [9.17, 15) is 9.59 Å². The summed E-state index contributed by atoms with van der Waals surface area (Å²) in [6.07, 6.45) is 4.98. The molecule has 0 unspecified atom stereocenters. The number of aryl methyl sites for hydroxylation is 1. The van der Waals surface area contributed by atoms with E-state index >= 15 is 0 Å². The Morgan fingerprint density at radius 1 is 1.48 bits per heavy atom. The molecule has 1 aromatic heterocycles. The first-order valence-electron chi connectivity index (χ1n) is 7.93. The minimum absolute atomic E-state index is 0.110. The second-order valence-electron chi connectivity index (χ2n) is 7.02. The van der Waals surface area contributed by atoms with Crippen molar-refractivity contribution in [1.82, 2.24) is 19.8 Å². The third-order valence-electron chi connectivity index (χ3n) is 3.61. The largest absolute Gasteiger partial charge is 0.444 e. The Hall–Kier alpha value is -2.05. The normalized spacial score (nSPS) is 15.9. The highest BCUT2D eigenvalue weighted by molar-refractivity contribution is 5.85. The first-order chi connectivity index (χ1) is 10.7. The standard InChI is InChI=1S/C16H26N4O3/c1-11(18-15(22)23-16(2,3)4)14(21)20(12-6-7-12)10-13-17-8-9-19(13)5/h8-9,11-12H,6-7,10H2,1-5H3,(H,18,22)/t11-/m1/s1. The Labute approximate surface area is 137 Å². The number of hydrogen-bond acceptors (Lipinski definition) is 4. The van der Waals surface area contributed by atoms with Crippen molar-refractivity contribution in [2.45, 2.75) is 64.8 Å². The lowest BCUT2D eigenvalue weighted by Crippen LogP contribution is -2.48. The fraction of sp³-hybridized carbons (Fsp3) is 0.688. The number of alkyl carbamates (subject to hydrolysis) is 1. The van der Waals surface area contributed by atoms with Crippen LogP contribution in [0, 0.1) is 0 Å². The van der Waals surface area contributed by atoms with Gasteiger partial charge in [0.25, 0.3) is 0 Å². The van der Waals surface area contributed by atoms with Crippen LogP contribution in [-0.2, 0) is 23.1 Å². The van der Waals surface area contributed by atoms with Gasteiger partial charge in [0, 0.05) is 25.5 Å². The van der Waals surface area contributed by atoms with E-state index in [2.05, 4.69) is 10.3 Å². The zero-order valence-electron chi connectivity index (χ0n) is 14.5. The van der Waals surface area contributed by atoms with Gasteiger partial charge in [-0.3, -0.25) is 4.79 Å². The van der Waals surface area contributed by atoms with Crippen molar-refractivity contribution in [3.63, 3.8) is 0 Å². The van der Waals surface area contributed by atoms with Gasteiger partial charge in [0.2, 0.25) is 5.91 Å². The number of imidazole rings is 1. The van der Waals surface area contributed by atoms with Gasteiger partial charge in [-0.2, -0.15) is 0 Å². The summed E-state index contributed by atoms with van der Waals surface area (Å²) in [5.41, 5.74) is -0.587. The molecule has 7 nitrogen and oxygen atoms in total. The molecule has 1 N–H and O–H groups in total. The Morgan fingerprint density at radius 3 is 2.61 bits per heavy atom. The maximum Gasteiger partial charge on any atom is 0.408 e. The van der Waals surface area contributed by atoms with Gasteiger partial charge in [0.05, 0.1) is 6.54 Å². The molecule has 1 aliphatic carbocycles. The molecule has 1 saturated carbocycles. The summed E-state index contributed by atoms with van der Waals surface area (Å²) in [6.45, 7) is 7.50. The molecule has 0 saturated heterocycles. The van der Waals surface area contributed by atoms with Crippen molar-refractivity contribution >= 4 is 12.0 Å². The van der Waals surface area contributed by atoms with Gasteiger partial charge < -0.3 is 19.5 Å². The number of rotatable bonds is 5. The second kappa shape index (κ2) is 6.60. The number of nitrogens with zero attached hydrogens (tertiary/aromatic N) is 3. The summed E-state index contributed by atoms with van der Waals surface area (Å²) < 4.78 is 7.10. The van der Waals surface area contributed by atoms with Gasteiger partial charge >= 0.3 is 6.09 Å². The molecule has 0 spiro atoms. The number of carbonyl (C=O) groups is 2. The Balaban J connectivity index is 1.97. The van der Waals surface area contributed by atoms with E-state index in [1.54, 1.807) is 38.8 Å². The summed E-state index contributed by atoms with van der Waals surface area (Å²) in [5.74, 6) is 0.719. The number of aromatic nitrogens is 2. The summed E-state index contributed by atoms with van der Waals surface area (Å²) >= 11 is 0. The van der Waals surface area contributed by atoms with Crippen LogP contribution in [0.25, 0.3) is 0 Å². The van der Waals surface area contributed by atoms with Crippen LogP contribution in [0.4, 0.5) is 4.79 Å². The number of nitrogens with one attached hydrogen (secondary N) is 1. The summed E-state index contributed by atoms with van der Waals surface area (Å²) in [5, 5.41) is 2.61. The predicted octanol–water partition coefficient (Wildman–Crippen LogP) is 1.82. The number of carbonyl (C=O) groups excluding carboxylic acids is 2. The molecule has 0 aromatic carbocycles. The Morgan fingerprint density at radius 2 is 2.13 bits per heavy atom. The van der Waals surface area contributed by atoms with E-state index < -0.39 is 17.7 Å². The first-order valence-corrected chi connectivity index (χ1v) is 7.93. The minimum atomic E-state index is -0.634. The average molecular weight is 322 g/mol. The lowest BCUT2D eigenvalue weighted by Gasteiger charge is -2.27. The van der Waals surface area contributed by atoms with Crippen molar-refractivity contribution in [3.05, 3.63) is 18.2 Å². The molecular weight excluding hydrogens is 296 g/mol. The Kier molecular flexibility index (Phi) is 4.97. The lowest BCUT2D eigenvalue weighted by atomic mass is 10.2. The third-order valence-corrected chi connectivity index (χ3v) is 3.61. The van der Waals surface area contributed by atoms with Crippen LogP contribution in [0.5, 0.6) is 0 Å². The molecule has 7 heteroatoms. The molecular formula is C16H26N4O3. The molecule has 128 valence electrons. The van der Waals surface area contributed by atoms with Crippen LogP contribution in [-0.4, -0.2) is 44.1 Å². The molecule has 1 fully saturated rings. The fourth-order valence-corrected chi connectivity index (χ4v) is 2.27. The lowest BCUT2D eigenvalue weighted by molar-refractivity contribution is -0.134. The number of ether oxygens (including phenoxy) is 1. The van der Waals surface area contributed by atoms with Crippen molar-refractivity contribution in [1.29, 1.82) is 0 Å². The van der Waals surface area contributed by atoms with Crippen LogP contribution in [0.15, 0.2) is 12.4 Å². The average Bonchev–Trinajstić information content (AvgIpc) is 3.17. The van der Waals surface area contributed by atoms with Crippen LogP contribution in [0.1, 0.15) is 46.4 Å². The van der Waals surface area contributed by atoms with Gasteiger partial charge in [0.1, 0.15) is 17.5 Å². The van der Waals surface area contributed by atoms with Gasteiger partial charge in [-0.1, -0.05) is 0 Å². The number of amides is 2. The summed E-state index contributed by atoms with van der Waals surface area (Å²) in [4.78, 5) is 30.6. The molecule has 1 heterocycles. The van der Waals surface area contributed by atoms with Crippen LogP contribution in [0.2, 0.25) is 0 Å². The first kappa shape index (κ1) is 17.3. The van der Waals surface area contributed by atoms with Crippen molar-refractivity contribution < 1.29 is 14.3 Å². The van der Waals surface area contributed by atoms with Gasteiger partial charge in [-0.05, 0) is 40.5 Å². The molecule has 1 aromatic rings. The minimum Gasteiger partial charge on any atom is -0.444 e. The van der Waals surface area contributed by atoms with Crippen molar-refractivity contribution in [2.24, 2.45) is 7.05 Å². The van der Waals surface area contributed by atoms with Crippen molar-refractivity contribution in [3.8, 4) is 0 Å². The molecule has 1 atom stereocenters. The van der Waals surface area contributed by atoms with E-state index in [1.165, 1.54) is 0 Å². The maximum absolute atomic E-state index is 12.7. The Bertz CT molecular complexity index is 572. The molecule has 0 bridgehead atoms. The highest BCUT2D eigenvalue weighted by Gasteiger charge is 2.36. The monoisotopic (exact) mass is 322 g/mol. The van der Waals surface area contributed by atoms with E-state index in [-0.39, 0.29) is 11.9 Å². The quantitative estimate of drug-likeness (QED) is 0.897. The van der Waals surface area contributed by atoms with Gasteiger partial charge in [0.15, 0.2) is 0 Å². The molecule has 1 aliphatic rings.